The fourth-order valence-electron chi connectivity index (χ4n) is 2.26. The molecule has 120 valence electrons. The molecule has 0 aliphatic carbocycles. The van der Waals surface area contributed by atoms with E-state index in [1.807, 2.05) is 36.4 Å². The number of pyridine rings is 1. The molecule has 3 rings (SSSR count). The number of rotatable bonds is 5. The summed E-state index contributed by atoms with van der Waals surface area (Å²) in [5.74, 6) is -0.216. The van der Waals surface area contributed by atoms with Gasteiger partial charge in [-0.15, -0.1) is 0 Å². The molecule has 0 saturated heterocycles. The van der Waals surface area contributed by atoms with Crippen molar-refractivity contribution in [3.63, 3.8) is 0 Å². The second-order valence-electron chi connectivity index (χ2n) is 5.59. The van der Waals surface area contributed by atoms with Gasteiger partial charge in [-0.2, -0.15) is 0 Å². The van der Waals surface area contributed by atoms with Crippen LogP contribution in [0.25, 0.3) is 0 Å². The Morgan fingerprint density at radius 1 is 0.917 bits per heavy atom. The molecule has 0 atom stereocenters. The average molecular weight is 317 g/mol. The summed E-state index contributed by atoms with van der Waals surface area (Å²) in [6.07, 6.45) is 1.67. The molecule has 0 aliphatic rings. The van der Waals surface area contributed by atoms with Gasteiger partial charge in [0.25, 0.3) is 5.91 Å². The van der Waals surface area contributed by atoms with Gasteiger partial charge >= 0.3 is 0 Å². The number of para-hydroxylation sites is 1. The highest BCUT2D eigenvalue weighted by Gasteiger charge is 2.07. The molecular formula is C20H19N3O. The van der Waals surface area contributed by atoms with Crippen molar-refractivity contribution in [2.75, 3.05) is 10.6 Å². The molecule has 1 amide bonds. The van der Waals surface area contributed by atoms with Crippen LogP contribution in [0.1, 0.15) is 21.6 Å². The molecule has 3 aromatic rings. The maximum Gasteiger partial charge on any atom is 0.274 e. The van der Waals surface area contributed by atoms with E-state index in [1.165, 1.54) is 11.1 Å². The SMILES string of the molecule is Cc1ccc(CNc2ccc(C(=O)Nc3ccccc3)nc2)cc1. The maximum absolute atomic E-state index is 12.1. The monoisotopic (exact) mass is 317 g/mol. The van der Waals surface area contributed by atoms with E-state index in [2.05, 4.69) is 46.8 Å². The molecule has 0 radical (unpaired) electrons. The number of anilines is 2. The van der Waals surface area contributed by atoms with Crippen molar-refractivity contribution >= 4 is 17.3 Å². The number of nitrogens with zero attached hydrogens (tertiary/aromatic N) is 1. The quantitative estimate of drug-likeness (QED) is 0.739. The Morgan fingerprint density at radius 3 is 2.33 bits per heavy atom. The normalized spacial score (nSPS) is 10.2. The largest absolute Gasteiger partial charge is 0.380 e. The van der Waals surface area contributed by atoms with Gasteiger partial charge in [0.05, 0.1) is 11.9 Å². The Morgan fingerprint density at radius 2 is 1.67 bits per heavy atom. The highest BCUT2D eigenvalue weighted by molar-refractivity contribution is 6.02. The first kappa shape index (κ1) is 15.7. The van der Waals surface area contributed by atoms with Crippen LogP contribution in [-0.4, -0.2) is 10.9 Å². The first-order valence-corrected chi connectivity index (χ1v) is 7.82. The minimum Gasteiger partial charge on any atom is -0.380 e. The summed E-state index contributed by atoms with van der Waals surface area (Å²) in [7, 11) is 0. The Balaban J connectivity index is 1.58. The molecular weight excluding hydrogens is 298 g/mol. The Hall–Kier alpha value is -3.14. The van der Waals surface area contributed by atoms with E-state index < -0.39 is 0 Å². The number of aryl methyl sites for hydroxylation is 1. The highest BCUT2D eigenvalue weighted by atomic mass is 16.1. The van der Waals surface area contributed by atoms with Gasteiger partial charge in [-0.3, -0.25) is 4.79 Å². The third-order valence-electron chi connectivity index (χ3n) is 3.65. The molecule has 1 heterocycles. The summed E-state index contributed by atoms with van der Waals surface area (Å²) in [5, 5.41) is 6.12. The number of aromatic nitrogens is 1. The molecule has 24 heavy (non-hydrogen) atoms. The number of carbonyl (C=O) groups is 1. The van der Waals surface area contributed by atoms with Gasteiger partial charge in [0.1, 0.15) is 5.69 Å². The minimum absolute atomic E-state index is 0.216. The first-order chi connectivity index (χ1) is 11.7. The van der Waals surface area contributed by atoms with E-state index in [1.54, 1.807) is 12.3 Å². The van der Waals surface area contributed by atoms with Crippen LogP contribution in [0.5, 0.6) is 0 Å². The van der Waals surface area contributed by atoms with Crippen molar-refractivity contribution < 1.29 is 4.79 Å². The first-order valence-electron chi connectivity index (χ1n) is 7.82. The molecule has 0 aliphatic heterocycles. The van der Waals surface area contributed by atoms with Gasteiger partial charge in [-0.1, -0.05) is 48.0 Å². The molecule has 0 fully saturated rings. The third kappa shape index (κ3) is 4.20. The lowest BCUT2D eigenvalue weighted by Gasteiger charge is -2.08. The van der Waals surface area contributed by atoms with Crippen LogP contribution >= 0.6 is 0 Å². The van der Waals surface area contributed by atoms with Crippen molar-refractivity contribution in [1.82, 2.24) is 4.98 Å². The molecule has 0 bridgehead atoms. The maximum atomic E-state index is 12.1. The summed E-state index contributed by atoms with van der Waals surface area (Å²) in [5.41, 5.74) is 4.47. The van der Waals surface area contributed by atoms with Crippen molar-refractivity contribution in [2.45, 2.75) is 13.5 Å². The molecule has 0 saturated carbocycles. The van der Waals surface area contributed by atoms with Crippen molar-refractivity contribution in [1.29, 1.82) is 0 Å². The van der Waals surface area contributed by atoms with E-state index in [0.717, 1.165) is 17.9 Å². The molecule has 1 aromatic heterocycles. The lowest BCUT2D eigenvalue weighted by atomic mass is 10.1. The van der Waals surface area contributed by atoms with Crippen LogP contribution in [0.4, 0.5) is 11.4 Å². The van der Waals surface area contributed by atoms with Crippen LogP contribution in [-0.2, 0) is 6.54 Å². The van der Waals surface area contributed by atoms with E-state index in [0.29, 0.717) is 5.69 Å². The van der Waals surface area contributed by atoms with Crippen LogP contribution in [0.15, 0.2) is 72.9 Å². The predicted molar refractivity (Wildman–Crippen MR) is 97.1 cm³/mol. The minimum atomic E-state index is -0.216. The van der Waals surface area contributed by atoms with Gasteiger partial charge in [0, 0.05) is 12.2 Å². The van der Waals surface area contributed by atoms with Crippen LogP contribution in [0.3, 0.4) is 0 Å². The molecule has 0 spiro atoms. The summed E-state index contributed by atoms with van der Waals surface area (Å²) >= 11 is 0. The summed E-state index contributed by atoms with van der Waals surface area (Å²) in [6.45, 7) is 2.79. The number of carbonyl (C=O) groups excluding carboxylic acids is 1. The number of nitrogens with one attached hydrogen (secondary N) is 2. The van der Waals surface area contributed by atoms with Gasteiger partial charge in [-0.25, -0.2) is 4.98 Å². The predicted octanol–water partition coefficient (Wildman–Crippen LogP) is 4.25. The van der Waals surface area contributed by atoms with Crippen LogP contribution in [0.2, 0.25) is 0 Å². The Bertz CT molecular complexity index is 797. The van der Waals surface area contributed by atoms with Crippen molar-refractivity contribution in [2.24, 2.45) is 0 Å². The molecule has 0 unspecified atom stereocenters. The van der Waals surface area contributed by atoms with Gasteiger partial charge in [0.2, 0.25) is 0 Å². The van der Waals surface area contributed by atoms with Crippen molar-refractivity contribution in [3.8, 4) is 0 Å². The Kier molecular flexibility index (Phi) is 4.87. The van der Waals surface area contributed by atoms with Crippen LogP contribution < -0.4 is 10.6 Å². The number of hydrogen-bond acceptors (Lipinski definition) is 3. The van der Waals surface area contributed by atoms with E-state index in [-0.39, 0.29) is 5.91 Å². The molecule has 2 N–H and O–H groups in total. The van der Waals surface area contributed by atoms with E-state index >= 15 is 0 Å². The molecule has 4 heteroatoms. The van der Waals surface area contributed by atoms with E-state index in [9.17, 15) is 4.79 Å². The summed E-state index contributed by atoms with van der Waals surface area (Å²) < 4.78 is 0. The topological polar surface area (TPSA) is 54.0 Å². The molecule has 2 aromatic carbocycles. The van der Waals surface area contributed by atoms with Gasteiger partial charge in [0.15, 0.2) is 0 Å². The van der Waals surface area contributed by atoms with E-state index in [4.69, 9.17) is 0 Å². The lowest BCUT2D eigenvalue weighted by Crippen LogP contribution is -2.13. The van der Waals surface area contributed by atoms with Crippen LogP contribution in [0, 0.1) is 6.92 Å². The zero-order valence-electron chi connectivity index (χ0n) is 13.5. The molecule has 4 nitrogen and oxygen atoms in total. The lowest BCUT2D eigenvalue weighted by molar-refractivity contribution is 0.102. The number of hydrogen-bond donors (Lipinski definition) is 2. The average Bonchev–Trinajstić information content (AvgIpc) is 2.62. The standard InChI is InChI=1S/C20H19N3O/c1-15-7-9-16(10-8-15)13-21-18-11-12-19(22-14-18)20(24)23-17-5-3-2-4-6-17/h2-12,14,21H,13H2,1H3,(H,23,24). The smallest absolute Gasteiger partial charge is 0.274 e. The van der Waals surface area contributed by atoms with Gasteiger partial charge < -0.3 is 10.6 Å². The Labute approximate surface area is 141 Å². The number of benzene rings is 2. The highest BCUT2D eigenvalue weighted by Crippen LogP contribution is 2.11. The fraction of sp³-hybridized carbons (Fsp3) is 0.100. The second kappa shape index (κ2) is 7.42. The van der Waals surface area contributed by atoms with Crippen molar-refractivity contribution in [3.05, 3.63) is 89.7 Å². The summed E-state index contributed by atoms with van der Waals surface area (Å²) in [6, 6.07) is 21.3. The number of amides is 1. The van der Waals surface area contributed by atoms with Gasteiger partial charge in [-0.05, 0) is 36.8 Å². The fourth-order valence-corrected chi connectivity index (χ4v) is 2.26. The zero-order chi connectivity index (χ0) is 16.8. The second-order valence-corrected chi connectivity index (χ2v) is 5.59. The zero-order valence-corrected chi connectivity index (χ0v) is 13.5. The summed E-state index contributed by atoms with van der Waals surface area (Å²) in [4.78, 5) is 16.4. The third-order valence-corrected chi connectivity index (χ3v) is 3.65.